The number of carbonyl (C=O) groups is 1. The van der Waals surface area contributed by atoms with Crippen LogP contribution >= 0.6 is 0 Å². The van der Waals surface area contributed by atoms with E-state index in [9.17, 15) is 4.79 Å². The normalized spacial score (nSPS) is 53.6. The highest BCUT2D eigenvalue weighted by Gasteiger charge is 2.53. The summed E-state index contributed by atoms with van der Waals surface area (Å²) in [4.78, 5) is 11.6. The van der Waals surface area contributed by atoms with Crippen LogP contribution in [-0.4, -0.2) is 5.78 Å². The van der Waals surface area contributed by atoms with E-state index < -0.39 is 0 Å². The van der Waals surface area contributed by atoms with Gasteiger partial charge in [0.05, 0.1) is 0 Å². The monoisotopic (exact) mass is 150 g/mol. The lowest BCUT2D eigenvalue weighted by molar-refractivity contribution is -0.122. The third-order valence-corrected chi connectivity index (χ3v) is 3.73. The smallest absolute Gasteiger partial charge is 0.139 e. The van der Waals surface area contributed by atoms with Gasteiger partial charge in [-0.2, -0.15) is 0 Å². The van der Waals surface area contributed by atoms with Crippen LogP contribution in [0.3, 0.4) is 0 Å². The minimum atomic E-state index is 0.533. The molecule has 60 valence electrons. The van der Waals surface area contributed by atoms with Crippen molar-refractivity contribution >= 4 is 5.78 Å². The average Bonchev–Trinajstić information content (AvgIpc) is 2.80. The van der Waals surface area contributed by atoms with Crippen LogP contribution < -0.4 is 0 Å². The summed E-state index contributed by atoms with van der Waals surface area (Å²) in [6.45, 7) is 0. The summed E-state index contributed by atoms with van der Waals surface area (Å²) in [6.07, 6.45) is 6.57. The van der Waals surface area contributed by atoms with Gasteiger partial charge in [-0.1, -0.05) is 6.42 Å². The van der Waals surface area contributed by atoms with Crippen LogP contribution in [0.25, 0.3) is 0 Å². The van der Waals surface area contributed by atoms with Crippen LogP contribution in [0.2, 0.25) is 0 Å². The van der Waals surface area contributed by atoms with Gasteiger partial charge in [0.25, 0.3) is 0 Å². The molecule has 0 radical (unpaired) electrons. The quantitative estimate of drug-likeness (QED) is 0.516. The molecule has 0 aromatic heterocycles. The van der Waals surface area contributed by atoms with Crippen LogP contribution in [0.15, 0.2) is 0 Å². The molecule has 11 heavy (non-hydrogen) atoms. The highest BCUT2D eigenvalue weighted by Crippen LogP contribution is 2.54. The molecule has 3 saturated carbocycles. The van der Waals surface area contributed by atoms with Gasteiger partial charge in [0.2, 0.25) is 0 Å². The van der Waals surface area contributed by atoms with Crippen molar-refractivity contribution in [3.63, 3.8) is 0 Å². The molecular formula is C10H14O. The van der Waals surface area contributed by atoms with Gasteiger partial charge in [-0.05, 0) is 37.5 Å². The van der Waals surface area contributed by atoms with E-state index in [0.29, 0.717) is 17.6 Å². The molecule has 1 heteroatoms. The third kappa shape index (κ3) is 0.863. The molecule has 0 aromatic carbocycles. The van der Waals surface area contributed by atoms with Crippen molar-refractivity contribution in [3.05, 3.63) is 0 Å². The number of hydrogen-bond donors (Lipinski definition) is 0. The van der Waals surface area contributed by atoms with Gasteiger partial charge in [0.15, 0.2) is 0 Å². The Kier molecular flexibility index (Phi) is 1.06. The standard InChI is InChI=1S/C10H14O/c11-10-8-4-6(8)2-1-3-7-5-9(7)10/h6-9H,1-5H2/t6-,7-,8+,9+/m0/s1. The van der Waals surface area contributed by atoms with Crippen LogP contribution in [0.4, 0.5) is 0 Å². The van der Waals surface area contributed by atoms with E-state index in [-0.39, 0.29) is 0 Å². The Bertz CT molecular complexity index is 189. The first kappa shape index (κ1) is 6.22. The molecule has 0 unspecified atom stereocenters. The molecule has 0 aliphatic heterocycles. The number of rotatable bonds is 0. The van der Waals surface area contributed by atoms with Crippen LogP contribution in [0.1, 0.15) is 32.1 Å². The van der Waals surface area contributed by atoms with Gasteiger partial charge in [-0.3, -0.25) is 4.79 Å². The first-order chi connectivity index (χ1) is 5.36. The maximum atomic E-state index is 11.6. The van der Waals surface area contributed by atoms with E-state index in [1.807, 2.05) is 0 Å². The lowest BCUT2D eigenvalue weighted by Gasteiger charge is -2.04. The summed E-state index contributed by atoms with van der Waals surface area (Å²) in [5.74, 6) is 3.35. The Morgan fingerprint density at radius 2 is 1.55 bits per heavy atom. The Labute approximate surface area is 67.2 Å². The molecule has 0 spiro atoms. The molecule has 3 rings (SSSR count). The molecule has 3 aliphatic carbocycles. The first-order valence-corrected chi connectivity index (χ1v) is 4.90. The van der Waals surface area contributed by atoms with Crippen molar-refractivity contribution in [1.29, 1.82) is 0 Å². The van der Waals surface area contributed by atoms with Gasteiger partial charge >= 0.3 is 0 Å². The fourth-order valence-electron chi connectivity index (χ4n) is 2.75. The summed E-state index contributed by atoms with van der Waals surface area (Å²) >= 11 is 0. The molecule has 4 atom stereocenters. The van der Waals surface area contributed by atoms with Crippen molar-refractivity contribution in [1.82, 2.24) is 0 Å². The molecular weight excluding hydrogens is 136 g/mol. The van der Waals surface area contributed by atoms with Gasteiger partial charge < -0.3 is 0 Å². The summed E-state index contributed by atoms with van der Waals surface area (Å²) in [5.41, 5.74) is 0. The zero-order valence-corrected chi connectivity index (χ0v) is 6.75. The third-order valence-electron chi connectivity index (χ3n) is 3.73. The largest absolute Gasteiger partial charge is 0.299 e. The average molecular weight is 150 g/mol. The lowest BCUT2D eigenvalue weighted by atomic mass is 10.0. The molecule has 3 fully saturated rings. The Balaban J connectivity index is 1.79. The number of carbonyl (C=O) groups excluding carboxylic acids is 1. The summed E-state index contributed by atoms with van der Waals surface area (Å²) in [5, 5.41) is 0. The number of ketones is 1. The zero-order valence-electron chi connectivity index (χ0n) is 6.75. The van der Waals surface area contributed by atoms with Gasteiger partial charge in [0, 0.05) is 11.8 Å². The summed E-state index contributed by atoms with van der Waals surface area (Å²) in [7, 11) is 0. The van der Waals surface area contributed by atoms with Gasteiger partial charge in [-0.25, -0.2) is 0 Å². The van der Waals surface area contributed by atoms with E-state index in [2.05, 4.69) is 0 Å². The Hall–Kier alpha value is -0.330. The van der Waals surface area contributed by atoms with Crippen LogP contribution in [0.5, 0.6) is 0 Å². The van der Waals surface area contributed by atoms with Crippen molar-refractivity contribution in [2.75, 3.05) is 0 Å². The SMILES string of the molecule is O=C1[C@@H]2C[C@@H]2CCC[C@H]2C[C@@H]12. The molecule has 0 aromatic rings. The van der Waals surface area contributed by atoms with Crippen LogP contribution in [-0.2, 0) is 4.79 Å². The number of fused-ring (bicyclic) bond motifs is 2. The highest BCUT2D eigenvalue weighted by molar-refractivity contribution is 5.88. The van der Waals surface area contributed by atoms with E-state index in [0.717, 1.165) is 11.8 Å². The van der Waals surface area contributed by atoms with Crippen molar-refractivity contribution in [2.45, 2.75) is 32.1 Å². The second-order valence-corrected chi connectivity index (χ2v) is 4.54. The Morgan fingerprint density at radius 1 is 1.00 bits per heavy atom. The lowest BCUT2D eigenvalue weighted by Crippen LogP contribution is -2.08. The Morgan fingerprint density at radius 3 is 2.09 bits per heavy atom. The fourth-order valence-corrected chi connectivity index (χ4v) is 2.75. The zero-order chi connectivity index (χ0) is 7.42. The van der Waals surface area contributed by atoms with Gasteiger partial charge in [-0.15, -0.1) is 0 Å². The molecule has 3 aliphatic rings. The topological polar surface area (TPSA) is 17.1 Å². The fraction of sp³-hybridized carbons (Fsp3) is 0.900. The molecule has 1 nitrogen and oxygen atoms in total. The maximum Gasteiger partial charge on any atom is 0.139 e. The molecule has 0 bridgehead atoms. The minimum Gasteiger partial charge on any atom is -0.299 e. The van der Waals surface area contributed by atoms with E-state index in [1.54, 1.807) is 0 Å². The number of hydrogen-bond acceptors (Lipinski definition) is 1. The first-order valence-electron chi connectivity index (χ1n) is 4.90. The predicted molar refractivity (Wildman–Crippen MR) is 42.1 cm³/mol. The maximum absolute atomic E-state index is 11.6. The predicted octanol–water partition coefficient (Wildman–Crippen LogP) is 2.01. The second-order valence-electron chi connectivity index (χ2n) is 4.54. The van der Waals surface area contributed by atoms with E-state index >= 15 is 0 Å². The van der Waals surface area contributed by atoms with Crippen molar-refractivity contribution < 1.29 is 4.79 Å². The van der Waals surface area contributed by atoms with Crippen LogP contribution in [0, 0.1) is 23.7 Å². The van der Waals surface area contributed by atoms with Crippen molar-refractivity contribution in [2.24, 2.45) is 23.7 Å². The summed E-state index contributed by atoms with van der Waals surface area (Å²) < 4.78 is 0. The molecule has 0 amide bonds. The van der Waals surface area contributed by atoms with E-state index in [4.69, 9.17) is 0 Å². The van der Waals surface area contributed by atoms with Crippen molar-refractivity contribution in [3.8, 4) is 0 Å². The van der Waals surface area contributed by atoms with E-state index in [1.165, 1.54) is 32.1 Å². The second kappa shape index (κ2) is 1.88. The molecule has 0 heterocycles. The molecule has 0 saturated heterocycles. The minimum absolute atomic E-state index is 0.533. The molecule has 0 N–H and O–H groups in total. The highest BCUT2D eigenvalue weighted by atomic mass is 16.1. The summed E-state index contributed by atoms with van der Waals surface area (Å²) in [6, 6.07) is 0. The van der Waals surface area contributed by atoms with Gasteiger partial charge in [0.1, 0.15) is 5.78 Å². The number of Topliss-reactive ketones (excluding diaryl/α,β-unsaturated/α-hetero) is 1.